The molecular weight excluding hydrogens is 485 g/mol. The van der Waals surface area contributed by atoms with E-state index in [9.17, 15) is 18.0 Å². The van der Waals surface area contributed by atoms with Gasteiger partial charge in [-0.1, -0.05) is 61.3 Å². The number of sulfonamides is 1. The number of halogens is 2. The number of rotatable bonds is 10. The Morgan fingerprint density at radius 1 is 1.00 bits per heavy atom. The maximum absolute atomic E-state index is 13.4. The van der Waals surface area contributed by atoms with Gasteiger partial charge in [0.25, 0.3) is 0 Å². The molecule has 7 nitrogen and oxygen atoms in total. The van der Waals surface area contributed by atoms with E-state index in [4.69, 9.17) is 23.2 Å². The van der Waals surface area contributed by atoms with E-state index < -0.39 is 28.5 Å². The van der Waals surface area contributed by atoms with Crippen LogP contribution in [0.25, 0.3) is 0 Å². The minimum Gasteiger partial charge on any atom is -0.354 e. The predicted octanol–water partition coefficient (Wildman–Crippen LogP) is 3.95. The second-order valence-electron chi connectivity index (χ2n) is 8.19. The summed E-state index contributed by atoms with van der Waals surface area (Å²) in [6, 6.07) is 12.4. The largest absolute Gasteiger partial charge is 0.354 e. The fraction of sp³-hybridized carbons (Fsp3) is 0.391. The Labute approximate surface area is 205 Å². The van der Waals surface area contributed by atoms with Crippen LogP contribution in [0.2, 0.25) is 10.0 Å². The van der Waals surface area contributed by atoms with Crippen molar-refractivity contribution < 1.29 is 18.0 Å². The van der Waals surface area contributed by atoms with Gasteiger partial charge in [0.1, 0.15) is 12.6 Å². The summed E-state index contributed by atoms with van der Waals surface area (Å²) < 4.78 is 25.9. The summed E-state index contributed by atoms with van der Waals surface area (Å²) >= 11 is 12.1. The predicted molar refractivity (Wildman–Crippen MR) is 133 cm³/mol. The highest BCUT2D eigenvalue weighted by Gasteiger charge is 2.30. The molecule has 0 aliphatic heterocycles. The van der Waals surface area contributed by atoms with Crippen molar-refractivity contribution in [3.8, 4) is 0 Å². The Hall–Kier alpha value is -2.29. The zero-order chi connectivity index (χ0) is 24.8. The van der Waals surface area contributed by atoms with Gasteiger partial charge in [-0.25, -0.2) is 8.42 Å². The van der Waals surface area contributed by atoms with Crippen molar-refractivity contribution in [1.82, 2.24) is 10.2 Å². The Morgan fingerprint density at radius 3 is 2.18 bits per heavy atom. The van der Waals surface area contributed by atoms with Crippen LogP contribution in [0.3, 0.4) is 0 Å². The molecule has 2 aromatic carbocycles. The van der Waals surface area contributed by atoms with Gasteiger partial charge in [-0.3, -0.25) is 13.9 Å². The normalized spacial score (nSPS) is 12.3. The lowest BCUT2D eigenvalue weighted by atomic mass is 10.1. The summed E-state index contributed by atoms with van der Waals surface area (Å²) in [7, 11) is -3.75. The fourth-order valence-electron chi connectivity index (χ4n) is 3.08. The van der Waals surface area contributed by atoms with E-state index in [1.807, 2.05) is 13.8 Å². The lowest BCUT2D eigenvalue weighted by Gasteiger charge is -2.31. The smallest absolute Gasteiger partial charge is 0.244 e. The SMILES string of the molecule is CC(C)CNC(=O)C(C)N(Cc1ccc(Cl)c(Cl)c1)C(=O)CN(c1ccccc1)S(C)(=O)=O. The summed E-state index contributed by atoms with van der Waals surface area (Å²) in [6.45, 7) is 5.60. The zero-order valence-electron chi connectivity index (χ0n) is 19.1. The molecule has 1 N–H and O–H groups in total. The van der Waals surface area contributed by atoms with Crippen molar-refractivity contribution in [1.29, 1.82) is 0 Å². The molecule has 0 aromatic heterocycles. The van der Waals surface area contributed by atoms with E-state index in [0.29, 0.717) is 27.8 Å². The minimum absolute atomic E-state index is 0.0539. The van der Waals surface area contributed by atoms with Crippen LogP contribution in [0.5, 0.6) is 0 Å². The third-order valence-corrected chi connectivity index (χ3v) is 6.79. The molecule has 10 heteroatoms. The number of nitrogens with one attached hydrogen (secondary N) is 1. The van der Waals surface area contributed by atoms with Crippen molar-refractivity contribution in [3.63, 3.8) is 0 Å². The number of carbonyl (C=O) groups is 2. The third kappa shape index (κ3) is 7.91. The van der Waals surface area contributed by atoms with Gasteiger partial charge in [0, 0.05) is 13.1 Å². The first-order chi connectivity index (χ1) is 15.4. The topological polar surface area (TPSA) is 86.8 Å². The lowest BCUT2D eigenvalue weighted by molar-refractivity contribution is -0.139. The molecule has 33 heavy (non-hydrogen) atoms. The van der Waals surface area contributed by atoms with Gasteiger partial charge in [-0.15, -0.1) is 0 Å². The Morgan fingerprint density at radius 2 is 1.64 bits per heavy atom. The molecule has 2 amide bonds. The number of anilines is 1. The van der Waals surface area contributed by atoms with Crippen LogP contribution < -0.4 is 9.62 Å². The van der Waals surface area contributed by atoms with Crippen LogP contribution in [-0.4, -0.2) is 50.5 Å². The summed E-state index contributed by atoms with van der Waals surface area (Å²) in [4.78, 5) is 27.5. The fourth-order valence-corrected chi connectivity index (χ4v) is 4.25. The van der Waals surface area contributed by atoms with E-state index in [2.05, 4.69) is 5.32 Å². The maximum atomic E-state index is 13.4. The van der Waals surface area contributed by atoms with E-state index in [-0.39, 0.29) is 18.4 Å². The van der Waals surface area contributed by atoms with Crippen molar-refractivity contribution >= 4 is 50.7 Å². The van der Waals surface area contributed by atoms with E-state index >= 15 is 0 Å². The quantitative estimate of drug-likeness (QED) is 0.520. The summed E-state index contributed by atoms with van der Waals surface area (Å²) in [5, 5.41) is 3.52. The van der Waals surface area contributed by atoms with Gasteiger partial charge in [-0.05, 0) is 42.7 Å². The Bertz CT molecular complexity index is 1080. The molecule has 0 aliphatic rings. The molecule has 1 atom stereocenters. The highest BCUT2D eigenvalue weighted by atomic mass is 35.5. The van der Waals surface area contributed by atoms with Gasteiger partial charge in [0.2, 0.25) is 21.8 Å². The zero-order valence-corrected chi connectivity index (χ0v) is 21.4. The standard InChI is InChI=1S/C23H29Cl2N3O4S/c1-16(2)13-26-23(30)17(3)27(14-18-10-11-20(24)21(25)12-18)22(29)15-28(33(4,31)32)19-8-6-5-7-9-19/h5-12,16-17H,13-15H2,1-4H3,(H,26,30). The summed E-state index contributed by atoms with van der Waals surface area (Å²) in [5.74, 6) is -0.621. The van der Waals surface area contributed by atoms with Gasteiger partial charge < -0.3 is 10.2 Å². The average molecular weight is 514 g/mol. The Kier molecular flexibility index (Phi) is 9.57. The number of carbonyl (C=O) groups excluding carboxylic acids is 2. The third-order valence-electron chi connectivity index (χ3n) is 4.91. The summed E-state index contributed by atoms with van der Waals surface area (Å²) in [6.07, 6.45) is 1.04. The molecule has 0 saturated carbocycles. The molecule has 180 valence electrons. The highest BCUT2D eigenvalue weighted by Crippen LogP contribution is 2.24. The van der Waals surface area contributed by atoms with Crippen LogP contribution in [0, 0.1) is 5.92 Å². The maximum Gasteiger partial charge on any atom is 0.244 e. The first kappa shape index (κ1) is 27.0. The molecule has 0 spiro atoms. The van der Waals surface area contributed by atoms with Crippen LogP contribution in [0.1, 0.15) is 26.3 Å². The molecule has 0 radical (unpaired) electrons. The second-order valence-corrected chi connectivity index (χ2v) is 10.9. The molecule has 0 saturated heterocycles. The lowest BCUT2D eigenvalue weighted by Crippen LogP contribution is -2.51. The molecule has 1 unspecified atom stereocenters. The minimum atomic E-state index is -3.75. The second kappa shape index (κ2) is 11.7. The number of para-hydroxylation sites is 1. The first-order valence-corrected chi connectivity index (χ1v) is 13.0. The average Bonchev–Trinajstić information content (AvgIpc) is 2.75. The van der Waals surface area contributed by atoms with Crippen LogP contribution in [0.4, 0.5) is 5.69 Å². The monoisotopic (exact) mass is 513 g/mol. The molecule has 0 heterocycles. The van der Waals surface area contributed by atoms with Crippen molar-refractivity contribution in [3.05, 3.63) is 64.1 Å². The number of hydrogen-bond donors (Lipinski definition) is 1. The number of benzene rings is 2. The van der Waals surface area contributed by atoms with Crippen LogP contribution in [-0.2, 0) is 26.2 Å². The highest BCUT2D eigenvalue weighted by molar-refractivity contribution is 7.92. The van der Waals surface area contributed by atoms with E-state index in [1.165, 1.54) is 4.90 Å². The first-order valence-electron chi connectivity index (χ1n) is 10.4. The van der Waals surface area contributed by atoms with Gasteiger partial charge >= 0.3 is 0 Å². The van der Waals surface area contributed by atoms with Gasteiger partial charge in [0.05, 0.1) is 22.0 Å². The molecular formula is C23H29Cl2N3O4S. The number of hydrogen-bond acceptors (Lipinski definition) is 4. The van der Waals surface area contributed by atoms with Gasteiger partial charge in [-0.2, -0.15) is 0 Å². The van der Waals surface area contributed by atoms with Crippen molar-refractivity contribution in [2.45, 2.75) is 33.4 Å². The number of nitrogens with zero attached hydrogens (tertiary/aromatic N) is 2. The molecule has 2 rings (SSSR count). The van der Waals surface area contributed by atoms with Crippen molar-refractivity contribution in [2.75, 3.05) is 23.7 Å². The summed E-state index contributed by atoms with van der Waals surface area (Å²) in [5.41, 5.74) is 1.02. The van der Waals surface area contributed by atoms with Gasteiger partial charge in [0.15, 0.2) is 0 Å². The molecule has 0 aliphatic carbocycles. The number of amides is 2. The van der Waals surface area contributed by atoms with E-state index in [0.717, 1.165) is 10.6 Å². The van der Waals surface area contributed by atoms with Crippen LogP contribution in [0.15, 0.2) is 48.5 Å². The molecule has 0 bridgehead atoms. The molecule has 0 fully saturated rings. The van der Waals surface area contributed by atoms with Crippen molar-refractivity contribution in [2.24, 2.45) is 5.92 Å². The van der Waals surface area contributed by atoms with E-state index in [1.54, 1.807) is 55.5 Å². The van der Waals surface area contributed by atoms with Crippen LogP contribution >= 0.6 is 23.2 Å². The molecule has 2 aromatic rings. The Balaban J connectivity index is 2.36.